The molecule has 1 saturated heterocycles. The fourth-order valence-corrected chi connectivity index (χ4v) is 2.28. The number of hydrogen-bond acceptors (Lipinski definition) is 3. The van der Waals surface area contributed by atoms with Gasteiger partial charge in [0.05, 0.1) is 6.10 Å². The van der Waals surface area contributed by atoms with E-state index in [1.54, 1.807) is 0 Å². The van der Waals surface area contributed by atoms with Gasteiger partial charge in [-0.05, 0) is 44.6 Å². The minimum Gasteiger partial charge on any atom is -0.462 e. The summed E-state index contributed by atoms with van der Waals surface area (Å²) in [4.78, 5) is 11.9. The summed E-state index contributed by atoms with van der Waals surface area (Å²) in [6, 6.07) is -0.0848. The van der Waals surface area contributed by atoms with E-state index < -0.39 is 0 Å². The minimum atomic E-state index is -0.0848. The number of carbonyl (C=O) groups is 1. The number of hydrogen-bond donors (Lipinski definition) is 1. The third-order valence-electron chi connectivity index (χ3n) is 3.07. The van der Waals surface area contributed by atoms with Crippen LogP contribution in [0.25, 0.3) is 0 Å². The van der Waals surface area contributed by atoms with Gasteiger partial charge in [-0.3, -0.25) is 4.79 Å². The fraction of sp³-hybridized carbons (Fsp3) is 0.923. The molecular formula is C13H25NO2. The van der Waals surface area contributed by atoms with Crippen LogP contribution in [0.15, 0.2) is 0 Å². The topological polar surface area (TPSA) is 38.3 Å². The van der Waals surface area contributed by atoms with E-state index in [2.05, 4.69) is 26.1 Å². The zero-order chi connectivity index (χ0) is 12.1. The number of rotatable bonds is 4. The van der Waals surface area contributed by atoms with Crippen LogP contribution in [0.2, 0.25) is 0 Å². The van der Waals surface area contributed by atoms with Gasteiger partial charge in [0.25, 0.3) is 0 Å². The summed E-state index contributed by atoms with van der Waals surface area (Å²) < 4.78 is 5.45. The van der Waals surface area contributed by atoms with Crippen LogP contribution in [0.5, 0.6) is 0 Å². The Kier molecular flexibility index (Phi) is 5.26. The van der Waals surface area contributed by atoms with Crippen molar-refractivity contribution in [2.24, 2.45) is 11.8 Å². The summed E-state index contributed by atoms with van der Waals surface area (Å²) in [5, 5.41) is 3.23. The second-order valence-corrected chi connectivity index (χ2v) is 5.51. The molecule has 0 aromatic rings. The second-order valence-electron chi connectivity index (χ2n) is 5.51. The Morgan fingerprint density at radius 1 is 1.44 bits per heavy atom. The highest BCUT2D eigenvalue weighted by Crippen LogP contribution is 2.17. The molecule has 0 bridgehead atoms. The fourth-order valence-electron chi connectivity index (χ4n) is 2.28. The molecule has 0 amide bonds. The Bertz CT molecular complexity index is 228. The van der Waals surface area contributed by atoms with E-state index in [1.807, 2.05) is 6.92 Å². The molecule has 94 valence electrons. The van der Waals surface area contributed by atoms with Crippen LogP contribution in [0.3, 0.4) is 0 Å². The molecule has 1 aliphatic heterocycles. The van der Waals surface area contributed by atoms with E-state index in [4.69, 9.17) is 4.74 Å². The van der Waals surface area contributed by atoms with Crippen molar-refractivity contribution in [3.05, 3.63) is 0 Å². The van der Waals surface area contributed by atoms with Crippen molar-refractivity contribution in [1.82, 2.24) is 5.32 Å². The molecule has 0 spiro atoms. The molecule has 3 atom stereocenters. The molecule has 1 rings (SSSR count). The van der Waals surface area contributed by atoms with Gasteiger partial charge in [-0.15, -0.1) is 0 Å². The van der Waals surface area contributed by atoms with Crippen molar-refractivity contribution in [3.63, 3.8) is 0 Å². The minimum absolute atomic E-state index is 0.0338. The molecule has 16 heavy (non-hydrogen) atoms. The monoisotopic (exact) mass is 227 g/mol. The first-order valence-corrected chi connectivity index (χ1v) is 6.43. The molecule has 3 unspecified atom stereocenters. The molecule has 0 radical (unpaired) electrons. The molecule has 1 fully saturated rings. The molecule has 0 aromatic heterocycles. The lowest BCUT2D eigenvalue weighted by molar-refractivity contribution is -0.152. The zero-order valence-electron chi connectivity index (χ0n) is 11.0. The Balaban J connectivity index is 2.33. The lowest BCUT2D eigenvalue weighted by Gasteiger charge is -2.28. The predicted molar refractivity (Wildman–Crippen MR) is 65.2 cm³/mol. The largest absolute Gasteiger partial charge is 0.462 e. The van der Waals surface area contributed by atoms with Gasteiger partial charge in [-0.1, -0.05) is 20.8 Å². The van der Waals surface area contributed by atoms with Crippen molar-refractivity contribution in [2.75, 3.05) is 6.54 Å². The average molecular weight is 227 g/mol. The molecule has 0 aromatic carbocycles. The van der Waals surface area contributed by atoms with E-state index in [1.165, 1.54) is 0 Å². The SMILES string of the molecule is CC(C)CC(C)OC(=O)C1CC(C)CCN1. The summed E-state index contributed by atoms with van der Waals surface area (Å²) in [7, 11) is 0. The van der Waals surface area contributed by atoms with Gasteiger partial charge in [-0.25, -0.2) is 0 Å². The van der Waals surface area contributed by atoms with Crippen molar-refractivity contribution in [1.29, 1.82) is 0 Å². The maximum absolute atomic E-state index is 11.9. The average Bonchev–Trinajstić information content (AvgIpc) is 2.16. The maximum Gasteiger partial charge on any atom is 0.323 e. The molecule has 3 heteroatoms. The first-order chi connectivity index (χ1) is 7.49. The third-order valence-corrected chi connectivity index (χ3v) is 3.07. The van der Waals surface area contributed by atoms with E-state index in [9.17, 15) is 4.79 Å². The smallest absolute Gasteiger partial charge is 0.323 e. The van der Waals surface area contributed by atoms with Crippen LogP contribution in [0.4, 0.5) is 0 Å². The highest BCUT2D eigenvalue weighted by atomic mass is 16.5. The number of ether oxygens (including phenoxy) is 1. The quantitative estimate of drug-likeness (QED) is 0.749. The molecule has 3 nitrogen and oxygen atoms in total. The number of nitrogens with one attached hydrogen (secondary N) is 1. The van der Waals surface area contributed by atoms with Gasteiger partial charge in [0.15, 0.2) is 0 Å². The lowest BCUT2D eigenvalue weighted by atomic mass is 9.94. The number of piperidine rings is 1. The molecule has 0 aliphatic carbocycles. The van der Waals surface area contributed by atoms with Gasteiger partial charge >= 0.3 is 5.97 Å². The van der Waals surface area contributed by atoms with Crippen LogP contribution in [-0.4, -0.2) is 24.7 Å². The summed E-state index contributed by atoms with van der Waals surface area (Å²) in [5.74, 6) is 1.12. The van der Waals surface area contributed by atoms with Gasteiger partial charge in [0.1, 0.15) is 6.04 Å². The van der Waals surface area contributed by atoms with Gasteiger partial charge in [-0.2, -0.15) is 0 Å². The van der Waals surface area contributed by atoms with Crippen LogP contribution in [0, 0.1) is 11.8 Å². The van der Waals surface area contributed by atoms with E-state index in [0.717, 1.165) is 25.8 Å². The zero-order valence-corrected chi connectivity index (χ0v) is 11.0. The molecule has 0 saturated carbocycles. The van der Waals surface area contributed by atoms with Crippen molar-refractivity contribution in [2.45, 2.75) is 59.1 Å². The van der Waals surface area contributed by atoms with Gasteiger partial charge in [0, 0.05) is 0 Å². The lowest BCUT2D eigenvalue weighted by Crippen LogP contribution is -2.44. The molecular weight excluding hydrogens is 202 g/mol. The van der Waals surface area contributed by atoms with Crippen LogP contribution >= 0.6 is 0 Å². The van der Waals surface area contributed by atoms with Gasteiger partial charge in [0.2, 0.25) is 0 Å². The highest BCUT2D eigenvalue weighted by molar-refractivity contribution is 5.76. The first-order valence-electron chi connectivity index (χ1n) is 6.43. The van der Waals surface area contributed by atoms with Crippen LogP contribution in [0.1, 0.15) is 47.0 Å². The van der Waals surface area contributed by atoms with Crippen LogP contribution in [-0.2, 0) is 9.53 Å². The number of esters is 1. The molecule has 1 aliphatic rings. The number of carbonyl (C=O) groups excluding carboxylic acids is 1. The summed E-state index contributed by atoms with van der Waals surface area (Å²) in [6.45, 7) is 9.39. The maximum atomic E-state index is 11.9. The molecule has 1 heterocycles. The standard InChI is InChI=1S/C13H25NO2/c1-9(2)7-11(4)16-13(15)12-8-10(3)5-6-14-12/h9-12,14H,5-8H2,1-4H3. The Morgan fingerprint density at radius 2 is 2.12 bits per heavy atom. The predicted octanol–water partition coefficient (Wildman–Crippen LogP) is 2.35. The second kappa shape index (κ2) is 6.24. The summed E-state index contributed by atoms with van der Waals surface area (Å²) >= 11 is 0. The summed E-state index contributed by atoms with van der Waals surface area (Å²) in [6.07, 6.45) is 3.04. The Labute approximate surface area is 98.9 Å². The first kappa shape index (κ1) is 13.5. The third kappa shape index (κ3) is 4.52. The van der Waals surface area contributed by atoms with Crippen LogP contribution < -0.4 is 5.32 Å². The van der Waals surface area contributed by atoms with E-state index in [-0.39, 0.29) is 18.1 Å². The normalized spacial score (nSPS) is 27.8. The van der Waals surface area contributed by atoms with Crippen molar-refractivity contribution < 1.29 is 9.53 Å². The summed E-state index contributed by atoms with van der Waals surface area (Å²) in [5.41, 5.74) is 0. The molecule has 1 N–H and O–H groups in total. The van der Waals surface area contributed by atoms with Gasteiger partial charge < -0.3 is 10.1 Å². The Morgan fingerprint density at radius 3 is 2.69 bits per heavy atom. The van der Waals surface area contributed by atoms with Crippen molar-refractivity contribution >= 4 is 5.97 Å². The Hall–Kier alpha value is -0.570. The van der Waals surface area contributed by atoms with Crippen molar-refractivity contribution in [3.8, 4) is 0 Å². The van der Waals surface area contributed by atoms with E-state index >= 15 is 0 Å². The highest BCUT2D eigenvalue weighted by Gasteiger charge is 2.26. The van der Waals surface area contributed by atoms with E-state index in [0.29, 0.717) is 11.8 Å².